The van der Waals surface area contributed by atoms with Crippen LogP contribution < -0.4 is 10.6 Å². The molecule has 1 aliphatic carbocycles. The molecule has 4 rings (SSSR count). The van der Waals surface area contributed by atoms with E-state index in [2.05, 4.69) is 53.7 Å². The van der Waals surface area contributed by atoms with Crippen LogP contribution in [0.2, 0.25) is 0 Å². The summed E-state index contributed by atoms with van der Waals surface area (Å²) >= 11 is 0. The number of esters is 1. The van der Waals surface area contributed by atoms with Crippen molar-refractivity contribution in [1.29, 1.82) is 0 Å². The molecule has 0 aromatic heterocycles. The Balaban J connectivity index is 1.64. The van der Waals surface area contributed by atoms with Crippen molar-refractivity contribution < 1.29 is 14.3 Å². The molecule has 0 spiro atoms. The van der Waals surface area contributed by atoms with E-state index < -0.39 is 5.97 Å². The average Bonchev–Trinajstić information content (AvgIpc) is 2.98. The fourth-order valence-electron chi connectivity index (χ4n) is 5.04. The van der Waals surface area contributed by atoms with Gasteiger partial charge in [-0.15, -0.1) is 0 Å². The van der Waals surface area contributed by atoms with E-state index in [0.717, 1.165) is 25.9 Å². The van der Waals surface area contributed by atoms with Gasteiger partial charge in [-0.05, 0) is 49.1 Å². The topological polar surface area (TPSA) is 70.7 Å². The lowest BCUT2D eigenvalue weighted by Gasteiger charge is -2.44. The van der Waals surface area contributed by atoms with Crippen LogP contribution in [-0.4, -0.2) is 54.6 Å². The van der Waals surface area contributed by atoms with E-state index in [1.54, 1.807) is 0 Å². The molecule has 2 aliphatic heterocycles. The Morgan fingerprint density at radius 2 is 2.18 bits per heavy atom. The molecule has 0 bridgehead atoms. The normalized spacial score (nSPS) is 27.9. The standard InChI is InChI=1S/C22H29N3O3/c1-4-8-25-11-15(24-21(27)12-28-14(3)26)9-18-16-6-5-7-19-22(16)17(10-20(18)25)13(2)23-19/h5-7,9,13,15,17,20,23H,4,8,10-12H2,1-3H3,(H,24,27)/t13?,15-,17?,20+/m0/s1. The van der Waals surface area contributed by atoms with Gasteiger partial charge in [0.1, 0.15) is 0 Å². The van der Waals surface area contributed by atoms with Crippen LogP contribution in [0.25, 0.3) is 5.57 Å². The molecule has 150 valence electrons. The second-order valence-corrected chi connectivity index (χ2v) is 8.13. The molecule has 1 aromatic carbocycles. The molecule has 3 aliphatic rings. The van der Waals surface area contributed by atoms with Gasteiger partial charge in [0.2, 0.25) is 0 Å². The predicted octanol–water partition coefficient (Wildman–Crippen LogP) is 2.51. The zero-order chi connectivity index (χ0) is 19.8. The molecule has 2 heterocycles. The molecule has 0 radical (unpaired) electrons. The van der Waals surface area contributed by atoms with Gasteiger partial charge in [0.25, 0.3) is 5.91 Å². The smallest absolute Gasteiger partial charge is 0.303 e. The minimum absolute atomic E-state index is 0.0833. The molecule has 6 nitrogen and oxygen atoms in total. The minimum atomic E-state index is -0.440. The molecule has 0 saturated heterocycles. The number of hydrogen-bond acceptors (Lipinski definition) is 5. The summed E-state index contributed by atoms with van der Waals surface area (Å²) in [5.41, 5.74) is 5.32. The lowest BCUT2D eigenvalue weighted by atomic mass is 9.73. The molecule has 28 heavy (non-hydrogen) atoms. The molecule has 2 N–H and O–H groups in total. The third kappa shape index (κ3) is 3.41. The fourth-order valence-corrected chi connectivity index (χ4v) is 5.04. The molecule has 6 heteroatoms. The van der Waals surface area contributed by atoms with Gasteiger partial charge in [-0.2, -0.15) is 0 Å². The first-order valence-electron chi connectivity index (χ1n) is 10.3. The second kappa shape index (κ2) is 7.59. The molecule has 2 unspecified atom stereocenters. The number of nitrogens with zero attached hydrogens (tertiary/aromatic N) is 1. The van der Waals surface area contributed by atoms with Gasteiger partial charge < -0.3 is 15.4 Å². The van der Waals surface area contributed by atoms with Crippen molar-refractivity contribution in [3.05, 3.63) is 35.4 Å². The molecule has 1 aromatic rings. The maximum atomic E-state index is 12.2. The monoisotopic (exact) mass is 383 g/mol. The summed E-state index contributed by atoms with van der Waals surface area (Å²) in [6.45, 7) is 7.34. The molecule has 0 fully saturated rings. The largest absolute Gasteiger partial charge is 0.456 e. The number of anilines is 1. The van der Waals surface area contributed by atoms with E-state index in [4.69, 9.17) is 4.74 Å². The fraction of sp³-hybridized carbons (Fsp3) is 0.545. The van der Waals surface area contributed by atoms with Crippen molar-refractivity contribution in [3.63, 3.8) is 0 Å². The van der Waals surface area contributed by atoms with Crippen LogP contribution in [0.1, 0.15) is 50.7 Å². The third-order valence-corrected chi connectivity index (χ3v) is 6.13. The number of benzene rings is 1. The lowest BCUT2D eigenvalue weighted by molar-refractivity contribution is -0.146. The van der Waals surface area contributed by atoms with E-state index in [1.165, 1.54) is 29.3 Å². The molecular formula is C22H29N3O3. The Bertz CT molecular complexity index is 819. The lowest BCUT2D eigenvalue weighted by Crippen LogP contribution is -2.52. The van der Waals surface area contributed by atoms with Crippen molar-refractivity contribution in [2.45, 2.75) is 57.7 Å². The summed E-state index contributed by atoms with van der Waals surface area (Å²) in [4.78, 5) is 25.7. The van der Waals surface area contributed by atoms with Crippen LogP contribution in [0.3, 0.4) is 0 Å². The molecule has 1 amide bonds. The first-order chi connectivity index (χ1) is 13.5. The van der Waals surface area contributed by atoms with Gasteiger partial charge in [-0.3, -0.25) is 14.5 Å². The zero-order valence-corrected chi connectivity index (χ0v) is 16.8. The van der Waals surface area contributed by atoms with Gasteiger partial charge in [-0.1, -0.05) is 25.1 Å². The summed E-state index contributed by atoms with van der Waals surface area (Å²) < 4.78 is 4.84. The maximum Gasteiger partial charge on any atom is 0.303 e. The molecular weight excluding hydrogens is 354 g/mol. The maximum absolute atomic E-state index is 12.2. The highest BCUT2D eigenvalue weighted by molar-refractivity contribution is 5.84. The minimum Gasteiger partial charge on any atom is -0.456 e. The second-order valence-electron chi connectivity index (χ2n) is 8.13. The third-order valence-electron chi connectivity index (χ3n) is 6.13. The summed E-state index contributed by atoms with van der Waals surface area (Å²) in [6.07, 6.45) is 4.40. The Labute approximate surface area is 166 Å². The van der Waals surface area contributed by atoms with Crippen LogP contribution in [0.5, 0.6) is 0 Å². The van der Waals surface area contributed by atoms with Crippen LogP contribution in [-0.2, 0) is 14.3 Å². The van der Waals surface area contributed by atoms with Crippen molar-refractivity contribution in [1.82, 2.24) is 10.2 Å². The Morgan fingerprint density at radius 3 is 2.93 bits per heavy atom. The number of hydrogen-bond donors (Lipinski definition) is 2. The number of amides is 1. The Hall–Kier alpha value is -2.34. The van der Waals surface area contributed by atoms with Gasteiger partial charge in [0.15, 0.2) is 6.61 Å². The SMILES string of the molecule is CCCN1C[C@@H](NC(=O)COC(C)=O)C=C2c3cccc4c3C(C[C@H]21)C(C)N4. The van der Waals surface area contributed by atoms with Crippen molar-refractivity contribution >= 4 is 23.1 Å². The van der Waals surface area contributed by atoms with E-state index in [1.807, 2.05) is 0 Å². The van der Waals surface area contributed by atoms with Crippen molar-refractivity contribution in [2.24, 2.45) is 0 Å². The van der Waals surface area contributed by atoms with Crippen LogP contribution >= 0.6 is 0 Å². The number of fused-ring (bicyclic) bond motifs is 2. The van der Waals surface area contributed by atoms with Crippen molar-refractivity contribution in [3.8, 4) is 0 Å². The molecule has 4 atom stereocenters. The van der Waals surface area contributed by atoms with Gasteiger partial charge in [0, 0.05) is 37.2 Å². The summed E-state index contributed by atoms with van der Waals surface area (Å²) in [6, 6.07) is 7.25. The highest BCUT2D eigenvalue weighted by Gasteiger charge is 2.43. The average molecular weight is 383 g/mol. The number of nitrogens with one attached hydrogen (secondary N) is 2. The van der Waals surface area contributed by atoms with Gasteiger partial charge in [0.05, 0.1) is 6.04 Å². The van der Waals surface area contributed by atoms with Crippen LogP contribution in [0.4, 0.5) is 5.69 Å². The van der Waals surface area contributed by atoms with E-state index in [-0.39, 0.29) is 18.6 Å². The van der Waals surface area contributed by atoms with Crippen molar-refractivity contribution in [2.75, 3.05) is 25.0 Å². The highest BCUT2D eigenvalue weighted by atomic mass is 16.5. The summed E-state index contributed by atoms with van der Waals surface area (Å²) in [5, 5.41) is 6.67. The Morgan fingerprint density at radius 1 is 1.36 bits per heavy atom. The number of carbonyl (C=O) groups excluding carboxylic acids is 2. The van der Waals surface area contributed by atoms with E-state index >= 15 is 0 Å². The summed E-state index contributed by atoms with van der Waals surface area (Å²) in [5.74, 6) is -0.165. The van der Waals surface area contributed by atoms with E-state index in [0.29, 0.717) is 18.0 Å². The quantitative estimate of drug-likeness (QED) is 0.765. The summed E-state index contributed by atoms with van der Waals surface area (Å²) in [7, 11) is 0. The highest BCUT2D eigenvalue weighted by Crippen LogP contribution is 2.50. The Kier molecular flexibility index (Phi) is 5.15. The first kappa shape index (κ1) is 19.0. The number of carbonyl (C=O) groups is 2. The number of rotatable bonds is 5. The van der Waals surface area contributed by atoms with Crippen LogP contribution in [0.15, 0.2) is 24.3 Å². The molecule has 0 saturated carbocycles. The van der Waals surface area contributed by atoms with Gasteiger partial charge >= 0.3 is 5.97 Å². The zero-order valence-electron chi connectivity index (χ0n) is 16.8. The predicted molar refractivity (Wildman–Crippen MR) is 109 cm³/mol. The van der Waals surface area contributed by atoms with Gasteiger partial charge in [-0.25, -0.2) is 0 Å². The van der Waals surface area contributed by atoms with Crippen LogP contribution in [0, 0.1) is 0 Å². The first-order valence-corrected chi connectivity index (χ1v) is 10.3. The number of ether oxygens (including phenoxy) is 1. The van der Waals surface area contributed by atoms with E-state index in [9.17, 15) is 9.59 Å².